The first kappa shape index (κ1) is 18.9. The van der Waals surface area contributed by atoms with E-state index in [4.69, 9.17) is 4.74 Å². The summed E-state index contributed by atoms with van der Waals surface area (Å²) in [7, 11) is -1.44. The monoisotopic (exact) mass is 441 g/mol. The standard InChI is InChI=1S/C25H15NO5S/c27-19-12-14-11-16-6-4-5-15-9-10-18(32(30)17-7-2-1-3-8-17)13-25(15,16)31-22(14)21-20(19)23(28)26-24(21)29/h1-13,20H,(H,26,28,29). The van der Waals surface area contributed by atoms with E-state index in [0.29, 0.717) is 15.4 Å². The SMILES string of the molecule is O=C1NC(=O)C2C(=O)C=C3C=C4C=CC=C5C=CC(S(=O)c6ccccc6)=CC54OC3=C12. The van der Waals surface area contributed by atoms with Crippen LogP contribution in [0.4, 0.5) is 0 Å². The van der Waals surface area contributed by atoms with Crippen LogP contribution in [0.25, 0.3) is 0 Å². The molecule has 1 aromatic carbocycles. The first-order valence-corrected chi connectivity index (χ1v) is 11.2. The Balaban J connectivity index is 1.54. The molecule has 2 amide bonds. The van der Waals surface area contributed by atoms with Gasteiger partial charge in [0.1, 0.15) is 11.7 Å². The highest BCUT2D eigenvalue weighted by Crippen LogP contribution is 2.49. The van der Waals surface area contributed by atoms with Crippen molar-refractivity contribution >= 4 is 28.4 Å². The van der Waals surface area contributed by atoms with Crippen molar-refractivity contribution < 1.29 is 23.3 Å². The number of benzene rings is 1. The van der Waals surface area contributed by atoms with Gasteiger partial charge in [-0.3, -0.25) is 19.7 Å². The minimum absolute atomic E-state index is 0.0322. The second kappa shape index (κ2) is 6.58. The molecule has 3 atom stereocenters. The van der Waals surface area contributed by atoms with Crippen molar-refractivity contribution in [3.63, 3.8) is 0 Å². The summed E-state index contributed by atoms with van der Waals surface area (Å²) >= 11 is 0. The summed E-state index contributed by atoms with van der Waals surface area (Å²) in [6.45, 7) is 0. The van der Waals surface area contributed by atoms with E-state index in [1.807, 2.05) is 42.5 Å². The van der Waals surface area contributed by atoms with E-state index >= 15 is 0 Å². The summed E-state index contributed by atoms with van der Waals surface area (Å²) in [6.07, 6.45) is 14.2. The second-order valence-electron chi connectivity index (χ2n) is 7.88. The predicted octanol–water partition coefficient (Wildman–Crippen LogP) is 2.48. The lowest BCUT2D eigenvalue weighted by molar-refractivity contribution is -0.129. The Morgan fingerprint density at radius 2 is 1.78 bits per heavy atom. The number of imide groups is 1. The number of hydrogen-bond acceptors (Lipinski definition) is 5. The fraction of sp³-hybridized carbons (Fsp3) is 0.0800. The van der Waals surface area contributed by atoms with Crippen molar-refractivity contribution in [3.05, 3.63) is 112 Å². The van der Waals surface area contributed by atoms with Gasteiger partial charge in [-0.1, -0.05) is 42.5 Å². The van der Waals surface area contributed by atoms with Gasteiger partial charge < -0.3 is 4.74 Å². The zero-order chi connectivity index (χ0) is 22.0. The number of hydrogen-bond donors (Lipinski definition) is 1. The van der Waals surface area contributed by atoms with Gasteiger partial charge in [0.05, 0.1) is 16.4 Å². The van der Waals surface area contributed by atoms with E-state index in [-0.39, 0.29) is 11.3 Å². The third-order valence-corrected chi connectivity index (χ3v) is 7.43. The molecule has 7 heteroatoms. The fourth-order valence-electron chi connectivity index (χ4n) is 4.56. The average Bonchev–Trinajstić information content (AvgIpc) is 3.11. The summed E-state index contributed by atoms with van der Waals surface area (Å²) < 4.78 is 19.7. The lowest BCUT2D eigenvalue weighted by Gasteiger charge is -2.43. The zero-order valence-electron chi connectivity index (χ0n) is 16.5. The molecule has 1 aromatic rings. The van der Waals surface area contributed by atoms with Crippen molar-refractivity contribution in [2.45, 2.75) is 10.5 Å². The molecular weight excluding hydrogens is 426 g/mol. The Kier molecular flexibility index (Phi) is 3.88. The molecule has 6 rings (SSSR count). The molecule has 0 bridgehead atoms. The Labute approximate surface area is 185 Å². The van der Waals surface area contributed by atoms with Crippen LogP contribution in [-0.4, -0.2) is 27.4 Å². The zero-order valence-corrected chi connectivity index (χ0v) is 17.3. The molecule has 0 radical (unpaired) electrons. The number of ketones is 1. The van der Waals surface area contributed by atoms with Crippen LogP contribution in [0.3, 0.4) is 0 Å². The number of nitrogens with one attached hydrogen (secondary N) is 1. The number of rotatable bonds is 2. The molecule has 1 N–H and O–H groups in total. The highest BCUT2D eigenvalue weighted by molar-refractivity contribution is 7.89. The minimum Gasteiger partial charge on any atom is -0.472 e. The average molecular weight is 441 g/mol. The maximum atomic E-state index is 13.3. The Hall–Kier alpha value is -3.84. The van der Waals surface area contributed by atoms with Crippen molar-refractivity contribution in [1.29, 1.82) is 0 Å². The molecule has 6 nitrogen and oxygen atoms in total. The normalized spacial score (nSPS) is 28.2. The lowest BCUT2D eigenvalue weighted by atomic mass is 9.75. The molecule has 0 aromatic heterocycles. The largest absolute Gasteiger partial charge is 0.472 e. The number of carbonyl (C=O) groups excluding carboxylic acids is 3. The highest BCUT2D eigenvalue weighted by atomic mass is 32.2. The molecule has 2 heterocycles. The van der Waals surface area contributed by atoms with E-state index in [1.165, 1.54) is 6.08 Å². The summed E-state index contributed by atoms with van der Waals surface area (Å²) in [5.74, 6) is -2.70. The van der Waals surface area contributed by atoms with Crippen LogP contribution < -0.4 is 5.32 Å². The quantitative estimate of drug-likeness (QED) is 0.563. The van der Waals surface area contributed by atoms with Crippen LogP contribution in [0.2, 0.25) is 0 Å². The number of allylic oxidation sites excluding steroid dienone is 5. The van der Waals surface area contributed by atoms with E-state index in [1.54, 1.807) is 30.4 Å². The van der Waals surface area contributed by atoms with Gasteiger partial charge in [-0.15, -0.1) is 0 Å². The first-order chi connectivity index (χ1) is 15.5. The molecule has 1 spiro atoms. The third-order valence-electron chi connectivity index (χ3n) is 6.05. The van der Waals surface area contributed by atoms with Crippen LogP contribution in [0.1, 0.15) is 0 Å². The Morgan fingerprint density at radius 1 is 0.969 bits per heavy atom. The van der Waals surface area contributed by atoms with E-state index < -0.39 is 39.9 Å². The van der Waals surface area contributed by atoms with Gasteiger partial charge in [0.25, 0.3) is 5.91 Å². The Bertz CT molecular complexity index is 1390. The molecular formula is C25H15NO5S. The molecule has 32 heavy (non-hydrogen) atoms. The summed E-state index contributed by atoms with van der Waals surface area (Å²) in [5.41, 5.74) is 0.912. The molecule has 5 aliphatic rings. The number of amides is 2. The van der Waals surface area contributed by atoms with Crippen LogP contribution >= 0.6 is 0 Å². The van der Waals surface area contributed by atoms with Gasteiger partial charge in [-0.25, -0.2) is 4.21 Å². The highest BCUT2D eigenvalue weighted by Gasteiger charge is 2.51. The van der Waals surface area contributed by atoms with Gasteiger partial charge >= 0.3 is 0 Å². The van der Waals surface area contributed by atoms with Gasteiger partial charge in [-0.05, 0) is 36.4 Å². The summed E-state index contributed by atoms with van der Waals surface area (Å²) in [4.78, 5) is 38.5. The van der Waals surface area contributed by atoms with Crippen molar-refractivity contribution in [1.82, 2.24) is 5.32 Å². The smallest absolute Gasteiger partial charge is 0.258 e. The van der Waals surface area contributed by atoms with Crippen LogP contribution in [0.5, 0.6) is 0 Å². The van der Waals surface area contributed by atoms with Crippen LogP contribution in [0, 0.1) is 5.92 Å². The van der Waals surface area contributed by atoms with Crippen molar-refractivity contribution in [3.8, 4) is 0 Å². The first-order valence-electron chi connectivity index (χ1n) is 10.0. The van der Waals surface area contributed by atoms with E-state index in [0.717, 1.165) is 11.1 Å². The van der Waals surface area contributed by atoms with Gasteiger partial charge in [0.15, 0.2) is 11.4 Å². The van der Waals surface area contributed by atoms with Gasteiger partial charge in [0.2, 0.25) is 5.91 Å². The van der Waals surface area contributed by atoms with Crippen molar-refractivity contribution in [2.24, 2.45) is 5.92 Å². The van der Waals surface area contributed by atoms with Crippen LogP contribution in [-0.2, 0) is 29.9 Å². The predicted molar refractivity (Wildman–Crippen MR) is 116 cm³/mol. The van der Waals surface area contributed by atoms with Gasteiger partial charge in [0, 0.05) is 26.5 Å². The van der Waals surface area contributed by atoms with E-state index in [2.05, 4.69) is 5.32 Å². The maximum absolute atomic E-state index is 13.3. The molecule has 3 aliphatic carbocycles. The van der Waals surface area contributed by atoms with Crippen molar-refractivity contribution in [2.75, 3.05) is 0 Å². The number of carbonyl (C=O) groups is 3. The maximum Gasteiger partial charge on any atom is 0.258 e. The Morgan fingerprint density at radius 3 is 2.59 bits per heavy atom. The molecule has 0 saturated carbocycles. The number of fused-ring (bicyclic) bond motifs is 2. The number of ether oxygens (including phenoxy) is 1. The van der Waals surface area contributed by atoms with Gasteiger partial charge in [-0.2, -0.15) is 0 Å². The lowest BCUT2D eigenvalue weighted by Crippen LogP contribution is -2.41. The molecule has 1 fully saturated rings. The molecule has 156 valence electrons. The minimum atomic E-state index is -1.44. The fourth-order valence-corrected chi connectivity index (χ4v) is 5.70. The topological polar surface area (TPSA) is 89.5 Å². The third kappa shape index (κ3) is 2.51. The molecule has 3 unspecified atom stereocenters. The second-order valence-corrected chi connectivity index (χ2v) is 9.36. The van der Waals surface area contributed by atoms with E-state index in [9.17, 15) is 18.6 Å². The molecule has 1 saturated heterocycles. The van der Waals surface area contributed by atoms with Crippen LogP contribution in [0.15, 0.2) is 117 Å². The molecule has 2 aliphatic heterocycles. The summed E-state index contributed by atoms with van der Waals surface area (Å²) in [6, 6.07) is 9.11. The summed E-state index contributed by atoms with van der Waals surface area (Å²) in [5, 5.41) is 2.22.